The van der Waals surface area contributed by atoms with Gasteiger partial charge in [0.05, 0.1) is 16.7 Å². The van der Waals surface area contributed by atoms with Crippen LogP contribution in [0.1, 0.15) is 18.4 Å². The molecule has 0 aliphatic carbocycles. The summed E-state index contributed by atoms with van der Waals surface area (Å²) < 4.78 is 5.92. The molecule has 1 heterocycles. The summed E-state index contributed by atoms with van der Waals surface area (Å²) in [7, 11) is 0. The quantitative estimate of drug-likeness (QED) is 0.632. The van der Waals surface area contributed by atoms with Crippen molar-refractivity contribution in [3.8, 4) is 5.75 Å². The van der Waals surface area contributed by atoms with Gasteiger partial charge in [-0.2, -0.15) is 0 Å². The number of likely N-dealkylation sites (tertiary alicyclic amines) is 1. The molecule has 2 aromatic rings. The van der Waals surface area contributed by atoms with Gasteiger partial charge >= 0.3 is 0 Å². The Kier molecular flexibility index (Phi) is 6.80. The van der Waals surface area contributed by atoms with Crippen molar-refractivity contribution in [2.24, 2.45) is 5.92 Å². The first kappa shape index (κ1) is 18.3. The maximum atomic E-state index is 6.04. The summed E-state index contributed by atoms with van der Waals surface area (Å²) in [6, 6.07) is 15.9. The second-order valence-corrected chi connectivity index (χ2v) is 7.28. The number of benzene rings is 2. The fourth-order valence-electron chi connectivity index (χ4n) is 3.14. The van der Waals surface area contributed by atoms with Crippen LogP contribution in [-0.2, 0) is 0 Å². The molecule has 1 fully saturated rings. The Bertz CT molecular complexity index is 702. The first-order chi connectivity index (χ1) is 12.2. The van der Waals surface area contributed by atoms with Gasteiger partial charge in [-0.1, -0.05) is 65.7 Å². The van der Waals surface area contributed by atoms with Crippen LogP contribution < -0.4 is 4.74 Å². The third kappa shape index (κ3) is 5.78. The molecule has 2 aromatic carbocycles. The van der Waals surface area contributed by atoms with E-state index in [4.69, 9.17) is 27.9 Å². The molecule has 4 heteroatoms. The maximum absolute atomic E-state index is 6.04. The number of piperidine rings is 1. The molecule has 1 aliphatic heterocycles. The zero-order chi connectivity index (χ0) is 17.5. The van der Waals surface area contributed by atoms with Crippen LogP contribution >= 0.6 is 23.2 Å². The molecule has 25 heavy (non-hydrogen) atoms. The van der Waals surface area contributed by atoms with Crippen molar-refractivity contribution < 1.29 is 4.74 Å². The van der Waals surface area contributed by atoms with E-state index >= 15 is 0 Å². The van der Waals surface area contributed by atoms with Gasteiger partial charge < -0.3 is 4.74 Å². The smallest absolute Gasteiger partial charge is 0.120 e. The first-order valence-electron chi connectivity index (χ1n) is 8.72. The zero-order valence-electron chi connectivity index (χ0n) is 14.2. The predicted molar refractivity (Wildman–Crippen MR) is 107 cm³/mol. The summed E-state index contributed by atoms with van der Waals surface area (Å²) in [5.41, 5.74) is 1.25. The van der Waals surface area contributed by atoms with E-state index in [1.54, 1.807) is 12.1 Å². The Morgan fingerprint density at radius 1 is 1.08 bits per heavy atom. The number of rotatable bonds is 6. The Balaban J connectivity index is 1.46. The van der Waals surface area contributed by atoms with Crippen molar-refractivity contribution in [1.29, 1.82) is 0 Å². The van der Waals surface area contributed by atoms with Crippen molar-refractivity contribution in [3.05, 3.63) is 70.2 Å². The number of hydrogen-bond donors (Lipinski definition) is 0. The van der Waals surface area contributed by atoms with Crippen LogP contribution in [0.2, 0.25) is 10.0 Å². The molecule has 0 saturated carbocycles. The molecule has 0 bridgehead atoms. The van der Waals surface area contributed by atoms with Crippen LogP contribution in [0.25, 0.3) is 6.08 Å². The van der Waals surface area contributed by atoms with Crippen LogP contribution in [0, 0.1) is 5.92 Å². The van der Waals surface area contributed by atoms with Gasteiger partial charge in [0.2, 0.25) is 0 Å². The van der Waals surface area contributed by atoms with Gasteiger partial charge in [0.1, 0.15) is 5.75 Å². The molecule has 2 nitrogen and oxygen atoms in total. The van der Waals surface area contributed by atoms with E-state index in [0.29, 0.717) is 16.0 Å². The van der Waals surface area contributed by atoms with Crippen LogP contribution in [0.3, 0.4) is 0 Å². The van der Waals surface area contributed by atoms with Gasteiger partial charge in [0.25, 0.3) is 0 Å². The Morgan fingerprint density at radius 3 is 2.72 bits per heavy atom. The van der Waals surface area contributed by atoms with Gasteiger partial charge in [0, 0.05) is 25.1 Å². The molecule has 0 amide bonds. The average molecular weight is 376 g/mol. The van der Waals surface area contributed by atoms with Crippen LogP contribution in [0.5, 0.6) is 5.75 Å². The highest BCUT2D eigenvalue weighted by atomic mass is 35.5. The molecule has 1 aliphatic rings. The summed E-state index contributed by atoms with van der Waals surface area (Å²) in [6.07, 6.45) is 6.86. The molecule has 1 atom stereocenters. The highest BCUT2D eigenvalue weighted by molar-refractivity contribution is 6.42. The lowest BCUT2D eigenvalue weighted by Crippen LogP contribution is -2.37. The summed E-state index contributed by atoms with van der Waals surface area (Å²) in [5, 5.41) is 1.10. The van der Waals surface area contributed by atoms with E-state index in [0.717, 1.165) is 32.0 Å². The molecule has 3 rings (SSSR count). The van der Waals surface area contributed by atoms with Gasteiger partial charge in [-0.25, -0.2) is 0 Å². The highest BCUT2D eigenvalue weighted by Crippen LogP contribution is 2.27. The minimum Gasteiger partial charge on any atom is -0.493 e. The maximum Gasteiger partial charge on any atom is 0.120 e. The predicted octanol–water partition coefficient (Wildman–Crippen LogP) is 5.80. The van der Waals surface area contributed by atoms with Crippen LogP contribution in [-0.4, -0.2) is 31.1 Å². The Morgan fingerprint density at radius 2 is 1.92 bits per heavy atom. The van der Waals surface area contributed by atoms with E-state index in [1.165, 1.54) is 18.4 Å². The Hall–Kier alpha value is -1.48. The topological polar surface area (TPSA) is 12.5 Å². The second kappa shape index (κ2) is 9.28. The minimum absolute atomic E-state index is 0.537. The molecule has 0 aromatic heterocycles. The van der Waals surface area contributed by atoms with Crippen molar-refractivity contribution >= 4 is 29.3 Å². The van der Waals surface area contributed by atoms with E-state index in [9.17, 15) is 0 Å². The molecule has 0 spiro atoms. The lowest BCUT2D eigenvalue weighted by atomic mass is 9.99. The van der Waals surface area contributed by atoms with Crippen molar-refractivity contribution in [2.75, 3.05) is 26.2 Å². The molecular weight excluding hydrogens is 353 g/mol. The molecule has 1 unspecified atom stereocenters. The second-order valence-electron chi connectivity index (χ2n) is 6.47. The summed E-state index contributed by atoms with van der Waals surface area (Å²) in [4.78, 5) is 2.49. The number of hydrogen-bond acceptors (Lipinski definition) is 2. The van der Waals surface area contributed by atoms with Gasteiger partial charge in [-0.3, -0.25) is 4.90 Å². The normalized spacial score (nSPS) is 18.6. The number of ether oxygens (including phenoxy) is 1. The van der Waals surface area contributed by atoms with Crippen molar-refractivity contribution in [3.63, 3.8) is 0 Å². The zero-order valence-corrected chi connectivity index (χ0v) is 15.7. The molecular formula is C21H23Cl2NO. The SMILES string of the molecule is Clc1ccc(OCC2CCCN(C/C=C/c3ccccc3)C2)cc1Cl. The fraction of sp³-hybridized carbons (Fsp3) is 0.333. The third-order valence-corrected chi connectivity index (χ3v) is 5.19. The fourth-order valence-corrected chi connectivity index (χ4v) is 3.42. The minimum atomic E-state index is 0.537. The number of nitrogens with zero attached hydrogens (tertiary/aromatic N) is 1. The third-order valence-electron chi connectivity index (χ3n) is 4.45. The van der Waals surface area contributed by atoms with E-state index in [1.807, 2.05) is 12.1 Å². The van der Waals surface area contributed by atoms with Crippen LogP contribution in [0.15, 0.2) is 54.6 Å². The molecule has 1 saturated heterocycles. The molecule has 132 valence electrons. The van der Waals surface area contributed by atoms with Gasteiger partial charge in [-0.15, -0.1) is 0 Å². The molecule has 0 N–H and O–H groups in total. The van der Waals surface area contributed by atoms with Crippen LogP contribution in [0.4, 0.5) is 0 Å². The summed E-state index contributed by atoms with van der Waals surface area (Å²) in [6.45, 7) is 3.93. The summed E-state index contributed by atoms with van der Waals surface area (Å²) >= 11 is 12.0. The largest absolute Gasteiger partial charge is 0.493 e. The van der Waals surface area contributed by atoms with E-state index < -0.39 is 0 Å². The lowest BCUT2D eigenvalue weighted by Gasteiger charge is -2.31. The van der Waals surface area contributed by atoms with Crippen molar-refractivity contribution in [2.45, 2.75) is 12.8 Å². The molecule has 0 radical (unpaired) electrons. The lowest BCUT2D eigenvalue weighted by molar-refractivity contribution is 0.140. The number of halogens is 2. The standard InChI is InChI=1S/C21H23Cl2NO/c22-20-11-10-19(14-21(20)23)25-16-18-9-5-13-24(15-18)12-4-8-17-6-2-1-3-7-17/h1-4,6-8,10-11,14,18H,5,9,12-13,15-16H2/b8-4+. The first-order valence-corrected chi connectivity index (χ1v) is 9.48. The van der Waals surface area contributed by atoms with Gasteiger partial charge in [-0.05, 0) is 37.1 Å². The van der Waals surface area contributed by atoms with Crippen molar-refractivity contribution in [1.82, 2.24) is 4.90 Å². The Labute approximate surface area is 160 Å². The highest BCUT2D eigenvalue weighted by Gasteiger charge is 2.19. The summed E-state index contributed by atoms with van der Waals surface area (Å²) in [5.74, 6) is 1.34. The van der Waals surface area contributed by atoms with E-state index in [-0.39, 0.29) is 0 Å². The van der Waals surface area contributed by atoms with Gasteiger partial charge in [0.15, 0.2) is 0 Å². The average Bonchev–Trinajstić information content (AvgIpc) is 2.64. The van der Waals surface area contributed by atoms with E-state index in [2.05, 4.69) is 41.3 Å². The monoisotopic (exact) mass is 375 g/mol.